The van der Waals surface area contributed by atoms with Crippen LogP contribution in [0.2, 0.25) is 0 Å². The van der Waals surface area contributed by atoms with E-state index in [4.69, 9.17) is 0 Å². The first-order valence-electron chi connectivity index (χ1n) is 8.05. The van der Waals surface area contributed by atoms with Gasteiger partial charge in [0.05, 0.1) is 0 Å². The highest BCUT2D eigenvalue weighted by molar-refractivity contribution is 7.17. The van der Waals surface area contributed by atoms with E-state index in [1.807, 2.05) is 11.3 Å². The third kappa shape index (κ3) is 2.43. The molecule has 1 aromatic heterocycles. The van der Waals surface area contributed by atoms with E-state index in [9.17, 15) is 4.79 Å². The number of benzene rings is 1. The number of Topliss-reactive ketones (excluding diaryl/α,β-unsaturated/α-hetero) is 1. The maximum Gasteiger partial charge on any atom is 0.137 e. The maximum atomic E-state index is 12.1. The molecule has 2 nitrogen and oxygen atoms in total. The van der Waals surface area contributed by atoms with Crippen LogP contribution in [0.3, 0.4) is 0 Å². The van der Waals surface area contributed by atoms with Crippen LogP contribution < -0.4 is 0 Å². The SMILES string of the molecule is O=C1CCCC1C1CCCN1Cc1csc2ccccc12. The Bertz CT molecular complexity index is 662. The molecule has 1 aliphatic carbocycles. The Morgan fingerprint density at radius 3 is 2.95 bits per heavy atom. The molecular weight excluding hydrogens is 278 g/mol. The zero-order chi connectivity index (χ0) is 14.2. The Hall–Kier alpha value is -1.19. The van der Waals surface area contributed by atoms with Crippen molar-refractivity contribution in [3.05, 3.63) is 35.2 Å². The summed E-state index contributed by atoms with van der Waals surface area (Å²) in [4.78, 5) is 14.7. The average Bonchev–Trinajstić information content (AvgIpc) is 3.20. The predicted octanol–water partition coefficient (Wildman–Crippen LogP) is 4.23. The smallest absolute Gasteiger partial charge is 0.137 e. The van der Waals surface area contributed by atoms with E-state index in [1.165, 1.54) is 28.5 Å². The molecule has 2 atom stereocenters. The van der Waals surface area contributed by atoms with Gasteiger partial charge in [0.15, 0.2) is 0 Å². The molecule has 110 valence electrons. The summed E-state index contributed by atoms with van der Waals surface area (Å²) in [5.74, 6) is 0.833. The molecule has 2 fully saturated rings. The fraction of sp³-hybridized carbons (Fsp3) is 0.500. The zero-order valence-corrected chi connectivity index (χ0v) is 13.1. The lowest BCUT2D eigenvalue weighted by Crippen LogP contribution is -2.36. The molecule has 0 N–H and O–H groups in total. The Kier molecular flexibility index (Phi) is 3.56. The van der Waals surface area contributed by atoms with Gasteiger partial charge in [-0.3, -0.25) is 9.69 Å². The molecule has 2 aliphatic rings. The predicted molar refractivity (Wildman–Crippen MR) is 87.6 cm³/mol. The Morgan fingerprint density at radius 2 is 2.10 bits per heavy atom. The van der Waals surface area contributed by atoms with Gasteiger partial charge in [0.2, 0.25) is 0 Å². The van der Waals surface area contributed by atoms with Crippen molar-refractivity contribution >= 4 is 27.2 Å². The summed E-state index contributed by atoms with van der Waals surface area (Å²) in [5.41, 5.74) is 1.44. The molecule has 2 heterocycles. The quantitative estimate of drug-likeness (QED) is 0.845. The number of hydrogen-bond donors (Lipinski definition) is 0. The van der Waals surface area contributed by atoms with E-state index >= 15 is 0 Å². The van der Waals surface area contributed by atoms with Crippen LogP contribution in [0.1, 0.15) is 37.7 Å². The van der Waals surface area contributed by atoms with Gasteiger partial charge in [-0.2, -0.15) is 0 Å². The van der Waals surface area contributed by atoms with E-state index in [1.54, 1.807) is 0 Å². The first-order valence-corrected chi connectivity index (χ1v) is 8.93. The average molecular weight is 299 g/mol. The number of hydrogen-bond acceptors (Lipinski definition) is 3. The second-order valence-corrected chi connectivity index (χ2v) is 7.31. The summed E-state index contributed by atoms with van der Waals surface area (Å²) in [6.45, 7) is 2.16. The van der Waals surface area contributed by atoms with Gasteiger partial charge in [0.25, 0.3) is 0 Å². The molecule has 1 saturated heterocycles. The molecule has 0 spiro atoms. The third-order valence-electron chi connectivity index (χ3n) is 5.17. The van der Waals surface area contributed by atoms with Gasteiger partial charge < -0.3 is 0 Å². The van der Waals surface area contributed by atoms with Gasteiger partial charge in [-0.05, 0) is 54.6 Å². The highest BCUT2D eigenvalue weighted by Gasteiger charge is 2.38. The summed E-state index contributed by atoms with van der Waals surface area (Å²) < 4.78 is 1.38. The summed E-state index contributed by atoms with van der Waals surface area (Å²) in [6.07, 6.45) is 5.49. The summed E-state index contributed by atoms with van der Waals surface area (Å²) in [6, 6.07) is 9.16. The number of rotatable bonds is 3. The molecular formula is C18H21NOS. The highest BCUT2D eigenvalue weighted by Crippen LogP contribution is 2.35. The van der Waals surface area contributed by atoms with Crippen LogP contribution in [-0.4, -0.2) is 23.3 Å². The summed E-state index contributed by atoms with van der Waals surface area (Å²) in [7, 11) is 0. The minimum atomic E-state index is 0.317. The van der Waals surface area contributed by atoms with Crippen molar-refractivity contribution < 1.29 is 4.79 Å². The van der Waals surface area contributed by atoms with Gasteiger partial charge in [0, 0.05) is 29.6 Å². The molecule has 1 aliphatic heterocycles. The van der Waals surface area contributed by atoms with E-state index in [0.29, 0.717) is 17.7 Å². The van der Waals surface area contributed by atoms with Crippen molar-refractivity contribution in [3.63, 3.8) is 0 Å². The normalized spacial score (nSPS) is 27.0. The van der Waals surface area contributed by atoms with Crippen LogP contribution in [0.25, 0.3) is 10.1 Å². The number of nitrogens with zero attached hydrogens (tertiary/aromatic N) is 1. The fourth-order valence-corrected chi connectivity index (χ4v) is 5.08. The van der Waals surface area contributed by atoms with E-state index in [0.717, 1.165) is 32.4 Å². The third-order valence-corrected chi connectivity index (χ3v) is 6.18. The van der Waals surface area contributed by atoms with Crippen molar-refractivity contribution in [2.24, 2.45) is 5.92 Å². The molecule has 21 heavy (non-hydrogen) atoms. The van der Waals surface area contributed by atoms with Crippen LogP contribution in [0.15, 0.2) is 29.6 Å². The molecule has 1 aromatic carbocycles. The van der Waals surface area contributed by atoms with Crippen LogP contribution >= 0.6 is 11.3 Å². The van der Waals surface area contributed by atoms with Crippen molar-refractivity contribution in [3.8, 4) is 0 Å². The molecule has 3 heteroatoms. The molecule has 2 aromatic rings. The molecule has 2 unspecified atom stereocenters. The topological polar surface area (TPSA) is 20.3 Å². The number of ketones is 1. The van der Waals surface area contributed by atoms with Crippen molar-refractivity contribution in [1.29, 1.82) is 0 Å². The standard InChI is InChI=1S/C18H21NOS/c20-17-8-3-6-15(17)16-7-4-10-19(16)11-13-12-21-18-9-2-1-5-14(13)18/h1-2,5,9,12,15-16H,3-4,6-8,10-11H2. The van der Waals surface area contributed by atoms with Crippen molar-refractivity contribution in [1.82, 2.24) is 4.90 Å². The minimum Gasteiger partial charge on any atom is -0.299 e. The van der Waals surface area contributed by atoms with Crippen molar-refractivity contribution in [2.75, 3.05) is 6.54 Å². The van der Waals surface area contributed by atoms with Gasteiger partial charge in [-0.1, -0.05) is 18.2 Å². The van der Waals surface area contributed by atoms with Gasteiger partial charge in [-0.25, -0.2) is 0 Å². The molecule has 0 amide bonds. The minimum absolute atomic E-state index is 0.317. The summed E-state index contributed by atoms with van der Waals surface area (Å²) in [5, 5.41) is 3.70. The first kappa shape index (κ1) is 13.5. The molecule has 4 rings (SSSR count). The van der Waals surface area contributed by atoms with Gasteiger partial charge >= 0.3 is 0 Å². The van der Waals surface area contributed by atoms with Gasteiger partial charge in [0.1, 0.15) is 5.78 Å². The van der Waals surface area contributed by atoms with Crippen LogP contribution in [0.4, 0.5) is 0 Å². The van der Waals surface area contributed by atoms with Crippen LogP contribution in [0, 0.1) is 5.92 Å². The lowest BCUT2D eigenvalue weighted by molar-refractivity contribution is -0.122. The zero-order valence-electron chi connectivity index (χ0n) is 12.3. The number of carbonyl (C=O) groups excluding carboxylic acids is 1. The second-order valence-electron chi connectivity index (χ2n) is 6.40. The Morgan fingerprint density at radius 1 is 1.19 bits per heavy atom. The lowest BCUT2D eigenvalue weighted by atomic mass is 9.95. The second kappa shape index (κ2) is 5.54. The monoisotopic (exact) mass is 299 g/mol. The summed E-state index contributed by atoms with van der Waals surface area (Å²) >= 11 is 1.84. The molecule has 0 bridgehead atoms. The molecule has 0 radical (unpaired) electrons. The number of fused-ring (bicyclic) bond motifs is 1. The Labute approximate surface area is 129 Å². The largest absolute Gasteiger partial charge is 0.299 e. The number of thiophene rings is 1. The Balaban J connectivity index is 1.57. The number of likely N-dealkylation sites (tertiary alicyclic amines) is 1. The van der Waals surface area contributed by atoms with E-state index in [-0.39, 0.29) is 0 Å². The molecule has 1 saturated carbocycles. The van der Waals surface area contributed by atoms with Gasteiger partial charge in [-0.15, -0.1) is 11.3 Å². The van der Waals surface area contributed by atoms with E-state index < -0.39 is 0 Å². The van der Waals surface area contributed by atoms with Crippen LogP contribution in [0.5, 0.6) is 0 Å². The lowest BCUT2D eigenvalue weighted by Gasteiger charge is -2.28. The maximum absolute atomic E-state index is 12.1. The van der Waals surface area contributed by atoms with Crippen LogP contribution in [-0.2, 0) is 11.3 Å². The first-order chi connectivity index (χ1) is 10.3. The fourth-order valence-electron chi connectivity index (χ4n) is 4.13. The number of carbonyl (C=O) groups is 1. The van der Waals surface area contributed by atoms with Crippen molar-refractivity contribution in [2.45, 2.75) is 44.7 Å². The highest BCUT2D eigenvalue weighted by atomic mass is 32.1. The van der Waals surface area contributed by atoms with E-state index in [2.05, 4.69) is 34.5 Å².